The quantitative estimate of drug-likeness (QED) is 0.806. The summed E-state index contributed by atoms with van der Waals surface area (Å²) in [6.45, 7) is 7.15. The Kier molecular flexibility index (Phi) is 4.72. The number of halogens is 1. The number of nitrogens with zero attached hydrogens (tertiary/aromatic N) is 1. The Bertz CT molecular complexity index is 308. The Labute approximate surface area is 90.9 Å². The molecule has 0 aliphatic heterocycles. The third kappa shape index (κ3) is 3.29. The summed E-state index contributed by atoms with van der Waals surface area (Å²) < 4.78 is 13.5. The molecule has 0 spiro atoms. The van der Waals surface area contributed by atoms with Crippen molar-refractivity contribution in [2.24, 2.45) is 5.73 Å². The summed E-state index contributed by atoms with van der Waals surface area (Å²) in [5, 5.41) is 0. The Balaban J connectivity index is 2.82. The van der Waals surface area contributed by atoms with Crippen LogP contribution in [-0.2, 0) is 13.1 Å². The van der Waals surface area contributed by atoms with Gasteiger partial charge in [0, 0.05) is 18.7 Å². The van der Waals surface area contributed by atoms with E-state index < -0.39 is 0 Å². The third-order valence-electron chi connectivity index (χ3n) is 2.63. The van der Waals surface area contributed by atoms with Crippen LogP contribution in [0.4, 0.5) is 4.39 Å². The molecule has 3 heteroatoms. The van der Waals surface area contributed by atoms with Crippen molar-refractivity contribution in [2.45, 2.75) is 26.9 Å². The molecule has 15 heavy (non-hydrogen) atoms. The van der Waals surface area contributed by atoms with Gasteiger partial charge in [0.15, 0.2) is 0 Å². The molecule has 84 valence electrons. The number of nitrogens with two attached hydrogens (primary N) is 1. The van der Waals surface area contributed by atoms with Crippen molar-refractivity contribution < 1.29 is 4.39 Å². The van der Waals surface area contributed by atoms with Gasteiger partial charge in [0.25, 0.3) is 0 Å². The van der Waals surface area contributed by atoms with Crippen molar-refractivity contribution in [2.75, 3.05) is 13.1 Å². The van der Waals surface area contributed by atoms with E-state index in [4.69, 9.17) is 5.73 Å². The van der Waals surface area contributed by atoms with E-state index in [0.717, 1.165) is 24.2 Å². The maximum absolute atomic E-state index is 13.5. The SMILES string of the molecule is CCN(CC)Cc1cc(CN)ccc1F. The van der Waals surface area contributed by atoms with Gasteiger partial charge in [0.05, 0.1) is 0 Å². The molecule has 0 atom stereocenters. The monoisotopic (exact) mass is 210 g/mol. The molecule has 0 amide bonds. The first-order chi connectivity index (χ1) is 7.21. The Morgan fingerprint density at radius 3 is 2.47 bits per heavy atom. The summed E-state index contributed by atoms with van der Waals surface area (Å²) in [6, 6.07) is 5.09. The maximum atomic E-state index is 13.5. The van der Waals surface area contributed by atoms with E-state index in [9.17, 15) is 4.39 Å². The van der Waals surface area contributed by atoms with E-state index in [-0.39, 0.29) is 5.82 Å². The molecule has 0 saturated carbocycles. The molecule has 0 saturated heterocycles. The van der Waals surface area contributed by atoms with Crippen LogP contribution in [0.3, 0.4) is 0 Å². The van der Waals surface area contributed by atoms with Crippen molar-refractivity contribution in [3.8, 4) is 0 Å². The standard InChI is InChI=1S/C12H19FN2/c1-3-15(4-2)9-11-7-10(8-14)5-6-12(11)13/h5-7H,3-4,8-9,14H2,1-2H3. The lowest BCUT2D eigenvalue weighted by Crippen LogP contribution is -2.22. The first-order valence-corrected chi connectivity index (χ1v) is 5.41. The fourth-order valence-corrected chi connectivity index (χ4v) is 1.56. The molecule has 0 bridgehead atoms. The van der Waals surface area contributed by atoms with Crippen LogP contribution < -0.4 is 5.73 Å². The van der Waals surface area contributed by atoms with Gasteiger partial charge in [-0.2, -0.15) is 0 Å². The summed E-state index contributed by atoms with van der Waals surface area (Å²) in [7, 11) is 0. The van der Waals surface area contributed by atoms with Gasteiger partial charge in [0.1, 0.15) is 5.82 Å². The highest BCUT2D eigenvalue weighted by molar-refractivity contribution is 5.25. The van der Waals surface area contributed by atoms with Crippen molar-refractivity contribution in [3.05, 3.63) is 35.1 Å². The summed E-state index contributed by atoms with van der Waals surface area (Å²) in [6.07, 6.45) is 0. The molecule has 0 unspecified atom stereocenters. The lowest BCUT2D eigenvalue weighted by molar-refractivity contribution is 0.291. The molecule has 1 aromatic rings. The zero-order valence-electron chi connectivity index (χ0n) is 9.46. The number of hydrogen-bond donors (Lipinski definition) is 1. The normalized spacial score (nSPS) is 11.0. The van der Waals surface area contributed by atoms with Gasteiger partial charge < -0.3 is 5.73 Å². The van der Waals surface area contributed by atoms with Gasteiger partial charge in [0.2, 0.25) is 0 Å². The van der Waals surface area contributed by atoms with Gasteiger partial charge in [-0.3, -0.25) is 4.90 Å². The van der Waals surface area contributed by atoms with Gasteiger partial charge in [-0.05, 0) is 24.7 Å². The average molecular weight is 210 g/mol. The highest BCUT2D eigenvalue weighted by Gasteiger charge is 2.06. The van der Waals surface area contributed by atoms with E-state index in [0.29, 0.717) is 13.1 Å². The Morgan fingerprint density at radius 1 is 1.27 bits per heavy atom. The van der Waals surface area contributed by atoms with Crippen LogP contribution in [0.2, 0.25) is 0 Å². The topological polar surface area (TPSA) is 29.3 Å². The number of rotatable bonds is 5. The van der Waals surface area contributed by atoms with E-state index in [1.807, 2.05) is 6.07 Å². The van der Waals surface area contributed by atoms with Crippen molar-refractivity contribution in [1.29, 1.82) is 0 Å². The first-order valence-electron chi connectivity index (χ1n) is 5.41. The van der Waals surface area contributed by atoms with Gasteiger partial charge in [-0.15, -0.1) is 0 Å². The molecule has 0 aromatic heterocycles. The summed E-state index contributed by atoms with van der Waals surface area (Å²) >= 11 is 0. The van der Waals surface area contributed by atoms with Crippen LogP contribution in [0.15, 0.2) is 18.2 Å². The molecule has 0 heterocycles. The predicted octanol–water partition coefficient (Wildman–Crippen LogP) is 2.13. The maximum Gasteiger partial charge on any atom is 0.127 e. The average Bonchev–Trinajstić information content (AvgIpc) is 2.28. The van der Waals surface area contributed by atoms with Crippen LogP contribution in [0.1, 0.15) is 25.0 Å². The van der Waals surface area contributed by atoms with E-state index >= 15 is 0 Å². The van der Waals surface area contributed by atoms with Crippen LogP contribution in [0, 0.1) is 5.82 Å². The summed E-state index contributed by atoms with van der Waals surface area (Å²) in [4.78, 5) is 2.18. The number of benzene rings is 1. The minimum Gasteiger partial charge on any atom is -0.326 e. The van der Waals surface area contributed by atoms with Gasteiger partial charge >= 0.3 is 0 Å². The molecule has 0 aliphatic rings. The van der Waals surface area contributed by atoms with Gasteiger partial charge in [-0.1, -0.05) is 26.0 Å². The molecule has 0 radical (unpaired) electrons. The number of hydrogen-bond acceptors (Lipinski definition) is 2. The second-order valence-corrected chi connectivity index (χ2v) is 3.59. The third-order valence-corrected chi connectivity index (χ3v) is 2.63. The first kappa shape index (κ1) is 12.1. The molecule has 2 nitrogen and oxygen atoms in total. The molecule has 1 rings (SSSR count). The second-order valence-electron chi connectivity index (χ2n) is 3.59. The van der Waals surface area contributed by atoms with Crippen LogP contribution in [-0.4, -0.2) is 18.0 Å². The highest BCUT2D eigenvalue weighted by atomic mass is 19.1. The fraction of sp³-hybridized carbons (Fsp3) is 0.500. The second kappa shape index (κ2) is 5.83. The molecule has 0 aliphatic carbocycles. The van der Waals surface area contributed by atoms with Crippen molar-refractivity contribution in [3.63, 3.8) is 0 Å². The summed E-state index contributed by atoms with van der Waals surface area (Å²) in [5.74, 6) is -0.140. The molecule has 0 fully saturated rings. The predicted molar refractivity (Wildman–Crippen MR) is 60.9 cm³/mol. The molecular weight excluding hydrogens is 191 g/mol. The summed E-state index contributed by atoms with van der Waals surface area (Å²) in [5.41, 5.74) is 7.25. The minimum atomic E-state index is -0.140. The van der Waals surface area contributed by atoms with Crippen molar-refractivity contribution >= 4 is 0 Å². The zero-order chi connectivity index (χ0) is 11.3. The molecule has 1 aromatic carbocycles. The highest BCUT2D eigenvalue weighted by Crippen LogP contribution is 2.12. The van der Waals surface area contributed by atoms with E-state index in [1.54, 1.807) is 6.07 Å². The Morgan fingerprint density at radius 2 is 1.93 bits per heavy atom. The smallest absolute Gasteiger partial charge is 0.127 e. The van der Waals surface area contributed by atoms with Crippen molar-refractivity contribution in [1.82, 2.24) is 4.90 Å². The van der Waals surface area contributed by atoms with E-state index in [2.05, 4.69) is 18.7 Å². The lowest BCUT2D eigenvalue weighted by Gasteiger charge is -2.18. The minimum absolute atomic E-state index is 0.140. The van der Waals surface area contributed by atoms with Crippen LogP contribution in [0.5, 0.6) is 0 Å². The van der Waals surface area contributed by atoms with E-state index in [1.165, 1.54) is 6.07 Å². The molecule has 2 N–H and O–H groups in total. The largest absolute Gasteiger partial charge is 0.326 e. The Hall–Kier alpha value is -0.930. The van der Waals surface area contributed by atoms with Gasteiger partial charge in [-0.25, -0.2) is 4.39 Å². The lowest BCUT2D eigenvalue weighted by atomic mass is 10.1. The van der Waals surface area contributed by atoms with Crippen LogP contribution >= 0.6 is 0 Å². The zero-order valence-corrected chi connectivity index (χ0v) is 9.46. The van der Waals surface area contributed by atoms with Crippen LogP contribution in [0.25, 0.3) is 0 Å². The fourth-order valence-electron chi connectivity index (χ4n) is 1.56. The molecular formula is C12H19FN2.